The van der Waals surface area contributed by atoms with Gasteiger partial charge in [0.05, 0.1) is 69.3 Å². The van der Waals surface area contributed by atoms with Crippen molar-refractivity contribution in [2.75, 3.05) is 9.80 Å². The zero-order valence-corrected chi connectivity index (χ0v) is 40.4. The molecule has 0 fully saturated rings. The lowest BCUT2D eigenvalue weighted by atomic mass is 9.89. The summed E-state index contributed by atoms with van der Waals surface area (Å²) in [6, 6.07) is 79.6. The molecule has 12 aromatic carbocycles. The third-order valence-corrected chi connectivity index (χ3v) is 14.2. The molecule has 76 heavy (non-hydrogen) atoms. The van der Waals surface area contributed by atoms with Gasteiger partial charge in [-0.15, -0.1) is 0 Å². The van der Waals surface area contributed by atoms with Gasteiger partial charge in [0, 0.05) is 66.7 Å². The summed E-state index contributed by atoms with van der Waals surface area (Å²) in [4.78, 5) is 3.80. The van der Waals surface area contributed by atoms with Crippen molar-refractivity contribution in [2.45, 2.75) is 0 Å². The van der Waals surface area contributed by atoms with Crippen LogP contribution in [0.2, 0.25) is 0 Å². The Hall–Kier alpha value is -10.9. The van der Waals surface area contributed by atoms with Crippen LogP contribution in [0.1, 0.15) is 22.3 Å². The second-order valence-electron chi connectivity index (χ2n) is 18.2. The first kappa shape index (κ1) is 46.2. The van der Waals surface area contributed by atoms with E-state index < -0.39 is 11.6 Å². The summed E-state index contributed by atoms with van der Waals surface area (Å²) in [6.07, 6.45) is 0. The van der Waals surface area contributed by atoms with Gasteiger partial charge in [-0.2, -0.15) is 21.0 Å². The largest absolute Gasteiger partial charge is 0.307 e. The molecular formula is C68H38F2N6. The summed E-state index contributed by atoms with van der Waals surface area (Å²) in [6.45, 7) is 0. The highest BCUT2D eigenvalue weighted by molar-refractivity contribution is 6.28. The molecule has 8 heteroatoms. The molecule has 354 valence electrons. The third-order valence-electron chi connectivity index (χ3n) is 14.2. The Balaban J connectivity index is 1.16. The topological polar surface area (TPSA) is 102 Å². The SMILES string of the molecule is N#Cc1ccccc1-c1ccc(-c2ccccc2C#N)c(N(c2ccccc2)c2ccc3ccc4c(N(c5ccccc5)c5c(-c6ccccc6C#N)ccc(-c6ccccc6C#N)c5F)ccc5ccc2c3c54)c1F. The molecule has 0 heterocycles. The number of anilines is 6. The first-order chi connectivity index (χ1) is 37.4. The van der Waals surface area contributed by atoms with Gasteiger partial charge < -0.3 is 9.80 Å². The molecule has 0 aliphatic rings. The fraction of sp³-hybridized carbons (Fsp3) is 0. The van der Waals surface area contributed by atoms with E-state index in [1.54, 1.807) is 84.9 Å². The van der Waals surface area contributed by atoms with E-state index in [4.69, 9.17) is 0 Å². The van der Waals surface area contributed by atoms with Crippen molar-refractivity contribution >= 4 is 66.4 Å². The van der Waals surface area contributed by atoms with Crippen LogP contribution in [0.5, 0.6) is 0 Å². The number of rotatable bonds is 10. The highest BCUT2D eigenvalue weighted by Crippen LogP contribution is 2.53. The minimum atomic E-state index is -0.585. The summed E-state index contributed by atoms with van der Waals surface area (Å²) in [5, 5.41) is 46.6. The van der Waals surface area contributed by atoms with Gasteiger partial charge in [-0.05, 0) is 82.2 Å². The molecule has 0 atom stereocenters. The molecule has 12 aromatic rings. The lowest BCUT2D eigenvalue weighted by molar-refractivity contribution is 0.632. The summed E-state index contributed by atoms with van der Waals surface area (Å²) in [7, 11) is 0. The van der Waals surface area contributed by atoms with Gasteiger partial charge in [-0.1, -0.05) is 170 Å². The van der Waals surface area contributed by atoms with Crippen LogP contribution in [0.3, 0.4) is 0 Å². The zero-order valence-electron chi connectivity index (χ0n) is 40.4. The fourth-order valence-corrected chi connectivity index (χ4v) is 10.8. The van der Waals surface area contributed by atoms with Gasteiger partial charge in [0.1, 0.15) is 0 Å². The monoisotopic (exact) mass is 976 g/mol. The predicted molar refractivity (Wildman–Crippen MR) is 300 cm³/mol. The quantitative estimate of drug-likeness (QED) is 0.127. The van der Waals surface area contributed by atoms with Crippen LogP contribution in [-0.2, 0) is 0 Å². The van der Waals surface area contributed by atoms with E-state index in [2.05, 4.69) is 24.3 Å². The molecule has 0 spiro atoms. The average Bonchev–Trinajstić information content (AvgIpc) is 3.64. The van der Waals surface area contributed by atoms with Crippen molar-refractivity contribution in [1.29, 1.82) is 21.0 Å². The number of benzene rings is 12. The smallest absolute Gasteiger partial charge is 0.155 e. The van der Waals surface area contributed by atoms with Gasteiger partial charge in [-0.25, -0.2) is 8.78 Å². The highest BCUT2D eigenvalue weighted by Gasteiger charge is 2.30. The molecule has 0 saturated carbocycles. The lowest BCUT2D eigenvalue weighted by Crippen LogP contribution is -2.15. The van der Waals surface area contributed by atoms with E-state index in [0.29, 0.717) is 78.4 Å². The summed E-state index contributed by atoms with van der Waals surface area (Å²) in [5.41, 5.74) is 7.61. The first-order valence-corrected chi connectivity index (χ1v) is 24.5. The van der Waals surface area contributed by atoms with Crippen molar-refractivity contribution < 1.29 is 8.78 Å². The maximum Gasteiger partial charge on any atom is 0.155 e. The van der Waals surface area contributed by atoms with Crippen molar-refractivity contribution in [3.8, 4) is 68.8 Å². The van der Waals surface area contributed by atoms with E-state index in [1.807, 2.05) is 155 Å². The molecule has 12 rings (SSSR count). The van der Waals surface area contributed by atoms with E-state index in [9.17, 15) is 21.0 Å². The average molecular weight is 977 g/mol. The molecule has 0 aliphatic heterocycles. The van der Waals surface area contributed by atoms with Gasteiger partial charge >= 0.3 is 0 Å². The van der Waals surface area contributed by atoms with Gasteiger partial charge in [-0.3, -0.25) is 0 Å². The predicted octanol–water partition coefficient (Wildman–Crippen LogP) is 18.0. The molecular weight excluding hydrogens is 939 g/mol. The van der Waals surface area contributed by atoms with Crippen LogP contribution in [0, 0.1) is 57.0 Å². The fourth-order valence-electron chi connectivity index (χ4n) is 10.8. The minimum Gasteiger partial charge on any atom is -0.307 e. The maximum atomic E-state index is 18.4. The number of para-hydroxylation sites is 2. The molecule has 0 bridgehead atoms. The third kappa shape index (κ3) is 7.59. The Morgan fingerprint density at radius 3 is 0.908 bits per heavy atom. The number of hydrogen-bond acceptors (Lipinski definition) is 6. The highest BCUT2D eigenvalue weighted by atomic mass is 19.1. The van der Waals surface area contributed by atoms with E-state index in [0.717, 1.165) is 32.3 Å². The zero-order chi connectivity index (χ0) is 51.9. The van der Waals surface area contributed by atoms with Crippen LogP contribution in [-0.4, -0.2) is 0 Å². The normalized spacial score (nSPS) is 11.0. The molecule has 0 amide bonds. The Morgan fingerprint density at radius 2 is 0.566 bits per heavy atom. The summed E-state index contributed by atoms with van der Waals surface area (Å²) >= 11 is 0. The van der Waals surface area contributed by atoms with Crippen molar-refractivity contribution in [3.05, 3.63) is 264 Å². The Labute approximate surface area is 437 Å². The van der Waals surface area contributed by atoms with E-state index in [-0.39, 0.29) is 22.5 Å². The maximum absolute atomic E-state index is 18.4. The number of halogens is 2. The molecule has 6 nitrogen and oxygen atoms in total. The summed E-state index contributed by atoms with van der Waals surface area (Å²) < 4.78 is 36.9. The van der Waals surface area contributed by atoms with Gasteiger partial charge in [0.2, 0.25) is 0 Å². The molecule has 0 unspecified atom stereocenters. The van der Waals surface area contributed by atoms with Crippen molar-refractivity contribution in [3.63, 3.8) is 0 Å². The molecule has 0 saturated heterocycles. The first-order valence-electron chi connectivity index (χ1n) is 24.5. The Morgan fingerprint density at radius 1 is 0.276 bits per heavy atom. The van der Waals surface area contributed by atoms with Crippen LogP contribution < -0.4 is 9.80 Å². The second-order valence-corrected chi connectivity index (χ2v) is 18.2. The van der Waals surface area contributed by atoms with Crippen LogP contribution in [0.25, 0.3) is 76.8 Å². The van der Waals surface area contributed by atoms with Crippen LogP contribution >= 0.6 is 0 Å². The van der Waals surface area contributed by atoms with Gasteiger partial charge in [0.15, 0.2) is 11.6 Å². The molecule has 0 N–H and O–H groups in total. The summed E-state index contributed by atoms with van der Waals surface area (Å²) in [5.74, 6) is -1.17. The number of hydrogen-bond donors (Lipinski definition) is 0. The Bertz CT molecular complexity index is 4160. The molecule has 0 aromatic heterocycles. The van der Waals surface area contributed by atoms with Crippen LogP contribution in [0.15, 0.2) is 231 Å². The van der Waals surface area contributed by atoms with Crippen molar-refractivity contribution in [2.24, 2.45) is 0 Å². The lowest BCUT2D eigenvalue weighted by Gasteiger charge is -2.32. The standard InChI is InChI=1S/C68H38F2N6/c69-65-55(51-23-11-7-15-45(51)39-71)33-35-57(53-25-13-9-17-47(53)41-73)67(65)75(49-19-3-1-4-20-49)61-37-29-43-28-32-60-62(38-30-44-27-31-59(61)63(43)64(44)60)76(50-21-5-2-6-22-50)68-58(54-26-14-10-18-48(54)42-74)36-34-56(66(68)70)52-24-12-8-16-46(52)40-72/h1-38H. The molecule has 0 aliphatic carbocycles. The second kappa shape index (κ2) is 19.3. The van der Waals surface area contributed by atoms with E-state index in [1.165, 1.54) is 0 Å². The molecule has 0 radical (unpaired) electrons. The van der Waals surface area contributed by atoms with Crippen molar-refractivity contribution in [1.82, 2.24) is 0 Å². The van der Waals surface area contributed by atoms with E-state index >= 15 is 8.78 Å². The Kier molecular flexibility index (Phi) is 11.7. The van der Waals surface area contributed by atoms with Gasteiger partial charge in [0.25, 0.3) is 0 Å². The number of nitriles is 4. The number of nitrogens with zero attached hydrogens (tertiary/aromatic N) is 6. The minimum absolute atomic E-state index is 0.184. The van der Waals surface area contributed by atoms with Crippen LogP contribution in [0.4, 0.5) is 42.9 Å².